The maximum absolute atomic E-state index is 13.0. The molecule has 7 heteroatoms. The zero-order valence-electron chi connectivity index (χ0n) is 12.2. The van der Waals surface area contributed by atoms with Crippen LogP contribution in [0.5, 0.6) is 0 Å². The van der Waals surface area contributed by atoms with Crippen LogP contribution in [0, 0.1) is 0 Å². The minimum absolute atomic E-state index is 0.0566. The lowest BCUT2D eigenvalue weighted by Crippen LogP contribution is -2.36. The minimum atomic E-state index is -3.89. The van der Waals surface area contributed by atoms with Gasteiger partial charge in [0.1, 0.15) is 0 Å². The third-order valence-electron chi connectivity index (χ3n) is 3.86. The van der Waals surface area contributed by atoms with E-state index in [4.69, 9.17) is 11.6 Å². The molecular formula is C16H13ClNO4S-. The Labute approximate surface area is 139 Å². The van der Waals surface area contributed by atoms with Crippen molar-refractivity contribution in [2.45, 2.75) is 24.3 Å². The molecule has 0 saturated heterocycles. The van der Waals surface area contributed by atoms with Crippen LogP contribution in [-0.2, 0) is 16.4 Å². The summed E-state index contributed by atoms with van der Waals surface area (Å²) in [4.78, 5) is 11.0. The van der Waals surface area contributed by atoms with E-state index < -0.39 is 16.0 Å². The van der Waals surface area contributed by atoms with Gasteiger partial charge in [-0.25, -0.2) is 8.42 Å². The number of benzene rings is 2. The van der Waals surface area contributed by atoms with E-state index in [0.29, 0.717) is 12.1 Å². The minimum Gasteiger partial charge on any atom is -0.545 e. The Morgan fingerprint density at radius 3 is 2.65 bits per heavy atom. The quantitative estimate of drug-likeness (QED) is 0.846. The number of fused-ring (bicyclic) bond motifs is 1. The number of para-hydroxylation sites is 1. The third-order valence-corrected chi connectivity index (χ3v) is 6.11. The van der Waals surface area contributed by atoms with E-state index >= 15 is 0 Å². The van der Waals surface area contributed by atoms with E-state index in [0.717, 1.165) is 11.6 Å². The van der Waals surface area contributed by atoms with Gasteiger partial charge in [-0.15, -0.1) is 0 Å². The van der Waals surface area contributed by atoms with Gasteiger partial charge in [0.25, 0.3) is 10.0 Å². The van der Waals surface area contributed by atoms with E-state index in [1.807, 2.05) is 19.1 Å². The van der Waals surface area contributed by atoms with Crippen LogP contribution < -0.4 is 9.41 Å². The average molecular weight is 351 g/mol. The summed E-state index contributed by atoms with van der Waals surface area (Å²) in [5, 5.41) is 11.0. The largest absolute Gasteiger partial charge is 0.545 e. The summed E-state index contributed by atoms with van der Waals surface area (Å²) in [6.45, 7) is 1.81. The summed E-state index contributed by atoms with van der Waals surface area (Å²) >= 11 is 5.78. The zero-order chi connectivity index (χ0) is 16.8. The number of hydrogen-bond donors (Lipinski definition) is 0. The molecule has 3 rings (SSSR count). The number of nitrogens with zero attached hydrogens (tertiary/aromatic N) is 1. The molecule has 0 N–H and O–H groups in total. The monoisotopic (exact) mass is 350 g/mol. The first kappa shape index (κ1) is 15.8. The van der Waals surface area contributed by atoms with Crippen molar-refractivity contribution in [2.24, 2.45) is 0 Å². The summed E-state index contributed by atoms with van der Waals surface area (Å²) in [6, 6.07) is 10.6. The van der Waals surface area contributed by atoms with Gasteiger partial charge in [-0.3, -0.25) is 4.31 Å². The highest BCUT2D eigenvalue weighted by molar-refractivity contribution is 7.92. The lowest BCUT2D eigenvalue weighted by molar-refractivity contribution is -0.255. The maximum Gasteiger partial charge on any atom is 0.264 e. The Morgan fingerprint density at radius 2 is 1.96 bits per heavy atom. The number of sulfonamides is 1. The SMILES string of the molecule is C[C@@H]1Cc2ccccc2N1S(=O)(=O)c1ccc(Cl)c(C(=O)[O-])c1. The van der Waals surface area contributed by atoms with Gasteiger partial charge in [-0.2, -0.15) is 0 Å². The van der Waals surface area contributed by atoms with Gasteiger partial charge in [0.15, 0.2) is 0 Å². The highest BCUT2D eigenvalue weighted by Gasteiger charge is 2.36. The van der Waals surface area contributed by atoms with Crippen molar-refractivity contribution >= 4 is 33.3 Å². The summed E-state index contributed by atoms with van der Waals surface area (Å²) < 4.78 is 27.3. The normalized spacial score (nSPS) is 17.1. The molecule has 2 aromatic rings. The van der Waals surface area contributed by atoms with Crippen LogP contribution in [0.4, 0.5) is 5.69 Å². The fourth-order valence-corrected chi connectivity index (χ4v) is 4.75. The number of rotatable bonds is 3. The van der Waals surface area contributed by atoms with Crippen molar-refractivity contribution in [3.05, 3.63) is 58.6 Å². The first-order valence-corrected chi connectivity index (χ1v) is 8.77. The van der Waals surface area contributed by atoms with E-state index in [1.165, 1.54) is 16.4 Å². The number of halogens is 1. The van der Waals surface area contributed by atoms with Crippen molar-refractivity contribution in [1.82, 2.24) is 0 Å². The Morgan fingerprint density at radius 1 is 1.26 bits per heavy atom. The van der Waals surface area contributed by atoms with Crippen LogP contribution in [0.15, 0.2) is 47.4 Å². The predicted octanol–water partition coefficient (Wildman–Crippen LogP) is 1.84. The van der Waals surface area contributed by atoms with Gasteiger partial charge in [-0.1, -0.05) is 29.8 Å². The van der Waals surface area contributed by atoms with Crippen LogP contribution in [0.2, 0.25) is 5.02 Å². The van der Waals surface area contributed by atoms with Gasteiger partial charge in [0, 0.05) is 16.6 Å². The molecule has 1 aliphatic rings. The van der Waals surface area contributed by atoms with Crippen molar-refractivity contribution < 1.29 is 18.3 Å². The molecule has 2 aromatic carbocycles. The highest BCUT2D eigenvalue weighted by Crippen LogP contribution is 2.36. The number of hydrogen-bond acceptors (Lipinski definition) is 4. The first-order valence-electron chi connectivity index (χ1n) is 6.95. The summed E-state index contributed by atoms with van der Waals surface area (Å²) in [6.07, 6.45) is 0.607. The molecule has 5 nitrogen and oxygen atoms in total. The highest BCUT2D eigenvalue weighted by atomic mass is 35.5. The summed E-state index contributed by atoms with van der Waals surface area (Å²) in [7, 11) is -3.89. The molecule has 23 heavy (non-hydrogen) atoms. The van der Waals surface area contributed by atoms with Gasteiger partial charge < -0.3 is 9.90 Å². The number of carboxylic acid groups (broad SMARTS) is 1. The number of carbonyl (C=O) groups is 1. The second-order valence-corrected chi connectivity index (χ2v) is 7.63. The molecule has 120 valence electrons. The van der Waals surface area contributed by atoms with Gasteiger partial charge >= 0.3 is 0 Å². The Balaban J connectivity index is 2.13. The predicted molar refractivity (Wildman–Crippen MR) is 85.1 cm³/mol. The van der Waals surface area contributed by atoms with Crippen molar-refractivity contribution in [1.29, 1.82) is 0 Å². The second-order valence-electron chi connectivity index (χ2n) is 5.41. The van der Waals surface area contributed by atoms with Gasteiger partial charge in [-0.05, 0) is 43.2 Å². The summed E-state index contributed by atoms with van der Waals surface area (Å²) in [5.74, 6) is -1.51. The molecule has 0 radical (unpaired) electrons. The topological polar surface area (TPSA) is 77.5 Å². The van der Waals surface area contributed by atoms with E-state index in [-0.39, 0.29) is 21.5 Å². The van der Waals surface area contributed by atoms with Crippen LogP contribution in [-0.4, -0.2) is 20.4 Å². The molecule has 1 atom stereocenters. The lowest BCUT2D eigenvalue weighted by atomic mass is 10.1. The van der Waals surface area contributed by atoms with E-state index in [1.54, 1.807) is 12.1 Å². The molecule has 0 unspecified atom stereocenters. The zero-order valence-corrected chi connectivity index (χ0v) is 13.8. The lowest BCUT2D eigenvalue weighted by Gasteiger charge is -2.25. The third kappa shape index (κ3) is 2.58. The van der Waals surface area contributed by atoms with E-state index in [9.17, 15) is 18.3 Å². The Hall–Kier alpha value is -2.05. The van der Waals surface area contributed by atoms with Crippen LogP contribution in [0.1, 0.15) is 22.8 Å². The van der Waals surface area contributed by atoms with Crippen molar-refractivity contribution in [3.63, 3.8) is 0 Å². The molecular weight excluding hydrogens is 338 g/mol. The number of anilines is 1. The van der Waals surface area contributed by atoms with Crippen molar-refractivity contribution in [2.75, 3.05) is 4.31 Å². The molecule has 0 spiro atoms. The Kier molecular flexibility index (Phi) is 3.82. The number of aromatic carboxylic acids is 1. The number of carbonyl (C=O) groups excluding carboxylic acids is 1. The van der Waals surface area contributed by atoms with E-state index in [2.05, 4.69) is 0 Å². The molecule has 1 aliphatic heterocycles. The number of carboxylic acids is 1. The van der Waals surface area contributed by atoms with Gasteiger partial charge in [0.05, 0.1) is 16.6 Å². The van der Waals surface area contributed by atoms with Crippen LogP contribution >= 0.6 is 11.6 Å². The molecule has 0 aliphatic carbocycles. The fraction of sp³-hybridized carbons (Fsp3) is 0.188. The Bertz CT molecular complexity index is 895. The van der Waals surface area contributed by atoms with Crippen LogP contribution in [0.25, 0.3) is 0 Å². The molecule has 0 fully saturated rings. The fourth-order valence-electron chi connectivity index (χ4n) is 2.84. The average Bonchev–Trinajstić information content (AvgIpc) is 2.83. The molecule has 1 heterocycles. The molecule has 0 aromatic heterocycles. The van der Waals surface area contributed by atoms with Crippen molar-refractivity contribution in [3.8, 4) is 0 Å². The molecule has 0 bridgehead atoms. The smallest absolute Gasteiger partial charge is 0.264 e. The maximum atomic E-state index is 13.0. The molecule has 0 amide bonds. The summed E-state index contributed by atoms with van der Waals surface area (Å²) in [5.41, 5.74) is 1.22. The van der Waals surface area contributed by atoms with Gasteiger partial charge in [0.2, 0.25) is 0 Å². The van der Waals surface area contributed by atoms with Crippen LogP contribution in [0.3, 0.4) is 0 Å². The standard InChI is InChI=1S/C16H14ClNO4S/c1-10-8-11-4-2-3-5-15(11)18(10)23(21,22)12-6-7-14(17)13(9-12)16(19)20/h2-7,9-10H,8H2,1H3,(H,19,20)/p-1/t10-/m1/s1. The second kappa shape index (κ2) is 5.54. The first-order chi connectivity index (χ1) is 10.8. The molecule has 0 saturated carbocycles.